The van der Waals surface area contributed by atoms with Crippen LogP contribution in [0.1, 0.15) is 26.2 Å². The summed E-state index contributed by atoms with van der Waals surface area (Å²) in [7, 11) is 1.46. The SMILES string of the molecule is COCC(=O)CCCC(O)C(C)=O. The largest absolute Gasteiger partial charge is 0.385 e. The maximum atomic E-state index is 10.9. The topological polar surface area (TPSA) is 63.6 Å². The van der Waals surface area contributed by atoms with E-state index in [1.54, 1.807) is 0 Å². The molecule has 0 aromatic carbocycles. The first kappa shape index (κ1) is 12.3. The van der Waals surface area contributed by atoms with E-state index in [-0.39, 0.29) is 18.2 Å². The minimum atomic E-state index is -0.921. The van der Waals surface area contributed by atoms with Crippen molar-refractivity contribution in [1.29, 1.82) is 0 Å². The second-order valence-corrected chi connectivity index (χ2v) is 2.99. The van der Waals surface area contributed by atoms with Crippen LogP contribution in [0.5, 0.6) is 0 Å². The molecule has 13 heavy (non-hydrogen) atoms. The van der Waals surface area contributed by atoms with E-state index in [2.05, 4.69) is 4.74 Å². The van der Waals surface area contributed by atoms with E-state index in [1.165, 1.54) is 14.0 Å². The van der Waals surface area contributed by atoms with Gasteiger partial charge in [0, 0.05) is 13.5 Å². The van der Waals surface area contributed by atoms with Gasteiger partial charge in [0.05, 0.1) is 0 Å². The zero-order valence-corrected chi connectivity index (χ0v) is 8.08. The number of carbonyl (C=O) groups excluding carboxylic acids is 2. The van der Waals surface area contributed by atoms with Gasteiger partial charge in [0.15, 0.2) is 11.6 Å². The van der Waals surface area contributed by atoms with Crippen molar-refractivity contribution >= 4 is 11.6 Å². The quantitative estimate of drug-likeness (QED) is 0.625. The number of ketones is 2. The zero-order valence-electron chi connectivity index (χ0n) is 8.08. The molecule has 0 fully saturated rings. The number of aliphatic hydroxyl groups is 1. The van der Waals surface area contributed by atoms with Gasteiger partial charge in [-0.15, -0.1) is 0 Å². The normalized spacial score (nSPS) is 12.5. The molecule has 0 aliphatic rings. The third-order valence-electron chi connectivity index (χ3n) is 1.71. The Bertz CT molecular complexity index is 176. The minimum Gasteiger partial charge on any atom is -0.385 e. The number of rotatable bonds is 7. The van der Waals surface area contributed by atoms with Crippen LogP contribution in [-0.2, 0) is 14.3 Å². The number of aliphatic hydroxyl groups excluding tert-OH is 1. The summed E-state index contributed by atoms with van der Waals surface area (Å²) in [6.45, 7) is 1.44. The second-order valence-electron chi connectivity index (χ2n) is 2.99. The number of methoxy groups -OCH3 is 1. The van der Waals surface area contributed by atoms with Crippen molar-refractivity contribution in [2.75, 3.05) is 13.7 Å². The van der Waals surface area contributed by atoms with Gasteiger partial charge in [-0.25, -0.2) is 0 Å². The maximum absolute atomic E-state index is 10.9. The van der Waals surface area contributed by atoms with Crippen LogP contribution in [-0.4, -0.2) is 36.5 Å². The fourth-order valence-electron chi connectivity index (χ4n) is 0.929. The Kier molecular flexibility index (Phi) is 6.36. The molecule has 4 nitrogen and oxygen atoms in total. The lowest BCUT2D eigenvalue weighted by atomic mass is 10.1. The Morgan fingerprint density at radius 2 is 2.08 bits per heavy atom. The number of hydrogen-bond acceptors (Lipinski definition) is 4. The maximum Gasteiger partial charge on any atom is 0.158 e. The molecule has 0 bridgehead atoms. The van der Waals surface area contributed by atoms with E-state index in [0.717, 1.165) is 0 Å². The van der Waals surface area contributed by atoms with Crippen molar-refractivity contribution in [2.45, 2.75) is 32.3 Å². The summed E-state index contributed by atoms with van der Waals surface area (Å²) in [4.78, 5) is 21.5. The molecule has 0 saturated heterocycles. The van der Waals surface area contributed by atoms with Gasteiger partial charge in [-0.05, 0) is 19.8 Å². The molecule has 0 amide bonds. The second kappa shape index (κ2) is 6.74. The number of hydrogen-bond donors (Lipinski definition) is 1. The fraction of sp³-hybridized carbons (Fsp3) is 0.778. The summed E-state index contributed by atoms with van der Waals surface area (Å²) < 4.78 is 4.63. The first-order valence-electron chi connectivity index (χ1n) is 4.27. The highest BCUT2D eigenvalue weighted by Gasteiger charge is 2.10. The van der Waals surface area contributed by atoms with Gasteiger partial charge in [-0.3, -0.25) is 9.59 Å². The highest BCUT2D eigenvalue weighted by molar-refractivity contribution is 5.81. The van der Waals surface area contributed by atoms with Crippen molar-refractivity contribution in [3.63, 3.8) is 0 Å². The number of ether oxygens (including phenoxy) is 1. The molecule has 0 aromatic heterocycles. The molecule has 0 radical (unpaired) electrons. The molecule has 0 aliphatic carbocycles. The summed E-state index contributed by atoms with van der Waals surface area (Å²) in [5.74, 6) is -0.252. The standard InChI is InChI=1S/C9H16O4/c1-7(10)9(12)5-3-4-8(11)6-13-2/h9,12H,3-6H2,1-2H3. The average Bonchev–Trinajstić information content (AvgIpc) is 2.04. The molecule has 0 rings (SSSR count). The fourth-order valence-corrected chi connectivity index (χ4v) is 0.929. The van der Waals surface area contributed by atoms with Crippen LogP contribution < -0.4 is 0 Å². The first-order valence-corrected chi connectivity index (χ1v) is 4.27. The molecule has 76 valence electrons. The van der Waals surface area contributed by atoms with Gasteiger partial charge in [-0.2, -0.15) is 0 Å². The number of carbonyl (C=O) groups is 2. The van der Waals surface area contributed by atoms with E-state index in [9.17, 15) is 9.59 Å². The zero-order chi connectivity index (χ0) is 10.3. The Morgan fingerprint density at radius 3 is 2.54 bits per heavy atom. The third-order valence-corrected chi connectivity index (χ3v) is 1.71. The molecule has 0 heterocycles. The summed E-state index contributed by atoms with van der Waals surface area (Å²) >= 11 is 0. The first-order chi connectivity index (χ1) is 6.07. The highest BCUT2D eigenvalue weighted by atomic mass is 16.5. The Morgan fingerprint density at radius 1 is 1.46 bits per heavy atom. The van der Waals surface area contributed by atoms with Crippen molar-refractivity contribution in [1.82, 2.24) is 0 Å². The summed E-state index contributed by atoms with van der Waals surface area (Å²) in [6.07, 6.45) is 0.321. The lowest BCUT2D eigenvalue weighted by Gasteiger charge is -2.05. The molecule has 0 aromatic rings. The smallest absolute Gasteiger partial charge is 0.158 e. The van der Waals surface area contributed by atoms with Crippen LogP contribution in [0.15, 0.2) is 0 Å². The molecule has 0 saturated carbocycles. The molecular weight excluding hydrogens is 172 g/mol. The van der Waals surface area contributed by atoms with Crippen LogP contribution in [0.4, 0.5) is 0 Å². The molecule has 0 spiro atoms. The Labute approximate surface area is 77.9 Å². The van der Waals surface area contributed by atoms with Crippen molar-refractivity contribution in [2.24, 2.45) is 0 Å². The molecule has 0 aliphatic heterocycles. The Hall–Kier alpha value is -0.740. The van der Waals surface area contributed by atoms with Gasteiger partial charge in [0.2, 0.25) is 0 Å². The van der Waals surface area contributed by atoms with Gasteiger partial charge in [0.1, 0.15) is 12.7 Å². The van der Waals surface area contributed by atoms with Crippen LogP contribution in [0.2, 0.25) is 0 Å². The van der Waals surface area contributed by atoms with Gasteiger partial charge in [0.25, 0.3) is 0 Å². The highest BCUT2D eigenvalue weighted by Crippen LogP contribution is 2.02. The van der Waals surface area contributed by atoms with Crippen LogP contribution in [0, 0.1) is 0 Å². The molecular formula is C9H16O4. The lowest BCUT2D eigenvalue weighted by molar-refractivity contribution is -0.126. The van der Waals surface area contributed by atoms with E-state index < -0.39 is 6.10 Å². The summed E-state index contributed by atoms with van der Waals surface area (Å²) in [5.41, 5.74) is 0. The third kappa shape index (κ3) is 6.42. The van der Waals surface area contributed by atoms with Crippen LogP contribution in [0.3, 0.4) is 0 Å². The van der Waals surface area contributed by atoms with Gasteiger partial charge < -0.3 is 9.84 Å². The molecule has 1 unspecified atom stereocenters. The van der Waals surface area contributed by atoms with E-state index in [0.29, 0.717) is 19.3 Å². The van der Waals surface area contributed by atoms with Gasteiger partial charge >= 0.3 is 0 Å². The van der Waals surface area contributed by atoms with Crippen molar-refractivity contribution in [3.05, 3.63) is 0 Å². The number of Topliss-reactive ketones (excluding diaryl/α,β-unsaturated/α-hetero) is 2. The molecule has 4 heteroatoms. The predicted molar refractivity (Wildman–Crippen MR) is 47.4 cm³/mol. The summed E-state index contributed by atoms with van der Waals surface area (Å²) in [5, 5.41) is 9.08. The lowest BCUT2D eigenvalue weighted by Crippen LogP contribution is -2.17. The van der Waals surface area contributed by atoms with Crippen LogP contribution in [0.25, 0.3) is 0 Å². The van der Waals surface area contributed by atoms with E-state index in [4.69, 9.17) is 5.11 Å². The van der Waals surface area contributed by atoms with E-state index in [1.807, 2.05) is 0 Å². The predicted octanol–water partition coefficient (Wildman–Crippen LogP) is 0.322. The van der Waals surface area contributed by atoms with Gasteiger partial charge in [-0.1, -0.05) is 0 Å². The monoisotopic (exact) mass is 188 g/mol. The molecule has 1 atom stereocenters. The molecule has 1 N–H and O–H groups in total. The minimum absolute atomic E-state index is 0.00162. The van der Waals surface area contributed by atoms with Crippen LogP contribution >= 0.6 is 0 Å². The van der Waals surface area contributed by atoms with E-state index >= 15 is 0 Å². The van der Waals surface area contributed by atoms with Crippen molar-refractivity contribution in [3.8, 4) is 0 Å². The average molecular weight is 188 g/mol. The Balaban J connectivity index is 3.44. The summed E-state index contributed by atoms with van der Waals surface area (Å²) in [6, 6.07) is 0. The van der Waals surface area contributed by atoms with Crippen molar-refractivity contribution < 1.29 is 19.4 Å².